The number of rotatable bonds is 8. The summed E-state index contributed by atoms with van der Waals surface area (Å²) < 4.78 is 72.7. The van der Waals surface area contributed by atoms with E-state index >= 15 is 0 Å². The lowest BCUT2D eigenvalue weighted by atomic mass is 9.82. The molecule has 0 radical (unpaired) electrons. The molecular weight excluding hydrogens is 489 g/mol. The van der Waals surface area contributed by atoms with E-state index in [1.54, 1.807) is 0 Å². The standard InChI is InChI=1S/C24H28ClF3N2O3S/c1-29(34(31,32)22-10-3-2-8-20(22)24(26,27)28)15-17-13-19(14-17)33-21-9-6-7-18(23(21)25)16-30-11-4-5-12-30/h2-3,6-10,17,19H,4-5,11-16H2,1H3. The van der Waals surface area contributed by atoms with Crippen molar-refractivity contribution < 1.29 is 26.3 Å². The van der Waals surface area contributed by atoms with Gasteiger partial charge in [-0.15, -0.1) is 0 Å². The SMILES string of the molecule is CN(CC1CC(Oc2cccc(CN3CCCC3)c2Cl)C1)S(=O)(=O)c1ccccc1C(F)(F)F. The van der Waals surface area contributed by atoms with E-state index in [2.05, 4.69) is 4.90 Å². The van der Waals surface area contributed by atoms with Crippen LogP contribution in [0.4, 0.5) is 13.2 Å². The molecule has 2 aromatic rings. The van der Waals surface area contributed by atoms with Crippen molar-refractivity contribution in [3.05, 3.63) is 58.6 Å². The van der Waals surface area contributed by atoms with Crippen LogP contribution in [0.25, 0.3) is 0 Å². The first kappa shape index (κ1) is 25.3. The molecule has 1 aliphatic heterocycles. The molecule has 4 rings (SSSR count). The highest BCUT2D eigenvalue weighted by Crippen LogP contribution is 2.38. The summed E-state index contributed by atoms with van der Waals surface area (Å²) >= 11 is 6.58. The first-order valence-electron chi connectivity index (χ1n) is 11.3. The summed E-state index contributed by atoms with van der Waals surface area (Å²) in [5.74, 6) is 0.608. The second-order valence-electron chi connectivity index (χ2n) is 9.07. The van der Waals surface area contributed by atoms with E-state index in [9.17, 15) is 21.6 Å². The highest BCUT2D eigenvalue weighted by molar-refractivity contribution is 7.89. The summed E-state index contributed by atoms with van der Waals surface area (Å²) in [6.07, 6.45) is -1.25. The predicted molar refractivity (Wildman–Crippen MR) is 124 cm³/mol. The van der Waals surface area contributed by atoms with Crippen molar-refractivity contribution >= 4 is 21.6 Å². The molecule has 2 aromatic carbocycles. The first-order chi connectivity index (χ1) is 16.1. The van der Waals surface area contributed by atoms with E-state index in [0.29, 0.717) is 23.6 Å². The number of sulfonamides is 1. The fraction of sp³-hybridized carbons (Fsp3) is 0.500. The van der Waals surface area contributed by atoms with E-state index in [0.717, 1.165) is 41.6 Å². The van der Waals surface area contributed by atoms with Gasteiger partial charge in [-0.05, 0) is 68.5 Å². The van der Waals surface area contributed by atoms with Crippen LogP contribution in [0.5, 0.6) is 5.75 Å². The maximum Gasteiger partial charge on any atom is 0.417 e. The van der Waals surface area contributed by atoms with Crippen LogP contribution in [0, 0.1) is 5.92 Å². The Labute approximate surface area is 203 Å². The number of hydrogen-bond acceptors (Lipinski definition) is 4. The molecule has 186 valence electrons. The zero-order valence-electron chi connectivity index (χ0n) is 18.9. The Morgan fingerprint density at radius 2 is 1.76 bits per heavy atom. The van der Waals surface area contributed by atoms with Crippen molar-refractivity contribution in [3.8, 4) is 5.75 Å². The molecule has 0 atom stereocenters. The van der Waals surface area contributed by atoms with E-state index in [1.165, 1.54) is 32.0 Å². The van der Waals surface area contributed by atoms with Crippen LogP contribution in [-0.4, -0.2) is 50.4 Å². The molecule has 0 bridgehead atoms. The van der Waals surface area contributed by atoms with Gasteiger partial charge in [0, 0.05) is 20.1 Å². The third-order valence-corrected chi connectivity index (χ3v) is 8.83. The molecule has 1 saturated heterocycles. The second-order valence-corrected chi connectivity index (χ2v) is 11.5. The monoisotopic (exact) mass is 516 g/mol. The molecule has 0 spiro atoms. The summed E-state index contributed by atoms with van der Waals surface area (Å²) in [4.78, 5) is 1.64. The number of hydrogen-bond donors (Lipinski definition) is 0. The molecule has 0 aromatic heterocycles. The van der Waals surface area contributed by atoms with Crippen molar-refractivity contribution in [1.82, 2.24) is 9.21 Å². The minimum atomic E-state index is -4.75. The van der Waals surface area contributed by atoms with Crippen molar-refractivity contribution in [2.24, 2.45) is 5.92 Å². The lowest BCUT2D eigenvalue weighted by Crippen LogP contribution is -2.42. The highest BCUT2D eigenvalue weighted by Gasteiger charge is 2.40. The Bertz CT molecular complexity index is 1110. The van der Waals surface area contributed by atoms with Crippen LogP contribution >= 0.6 is 11.6 Å². The molecule has 0 amide bonds. The third-order valence-electron chi connectivity index (χ3n) is 6.52. The number of nitrogens with zero attached hydrogens (tertiary/aromatic N) is 2. The van der Waals surface area contributed by atoms with E-state index < -0.39 is 26.7 Å². The number of alkyl halides is 3. The normalized spacial score (nSPS) is 21.6. The van der Waals surface area contributed by atoms with Gasteiger partial charge in [0.1, 0.15) is 5.75 Å². The molecule has 1 saturated carbocycles. The molecular formula is C24H28ClF3N2O3S. The van der Waals surface area contributed by atoms with E-state index in [4.69, 9.17) is 16.3 Å². The molecule has 34 heavy (non-hydrogen) atoms. The molecule has 2 aliphatic rings. The van der Waals surface area contributed by atoms with Gasteiger partial charge in [0.15, 0.2) is 0 Å². The van der Waals surface area contributed by atoms with Crippen molar-refractivity contribution in [2.75, 3.05) is 26.7 Å². The number of benzene rings is 2. The lowest BCUT2D eigenvalue weighted by molar-refractivity contribution is -0.139. The summed E-state index contributed by atoms with van der Waals surface area (Å²) in [5.41, 5.74) is -0.133. The maximum absolute atomic E-state index is 13.3. The molecule has 1 aliphatic carbocycles. The Morgan fingerprint density at radius 3 is 2.44 bits per heavy atom. The fourth-order valence-corrected chi connectivity index (χ4v) is 6.29. The zero-order chi connectivity index (χ0) is 24.5. The molecule has 0 N–H and O–H groups in total. The Hall–Kier alpha value is -1.81. The average molecular weight is 517 g/mol. The Morgan fingerprint density at radius 1 is 1.09 bits per heavy atom. The Balaban J connectivity index is 1.34. The van der Waals surface area contributed by atoms with Crippen LogP contribution < -0.4 is 4.74 Å². The Kier molecular flexibility index (Phi) is 7.47. The number of ether oxygens (including phenoxy) is 1. The molecule has 5 nitrogen and oxygen atoms in total. The van der Waals surface area contributed by atoms with Crippen LogP contribution in [0.15, 0.2) is 47.4 Å². The average Bonchev–Trinajstić information content (AvgIpc) is 3.27. The molecule has 2 fully saturated rings. The largest absolute Gasteiger partial charge is 0.489 e. The highest BCUT2D eigenvalue weighted by atomic mass is 35.5. The quantitative estimate of drug-likeness (QED) is 0.469. The maximum atomic E-state index is 13.3. The second kappa shape index (κ2) is 10.0. The van der Waals surface area contributed by atoms with Gasteiger partial charge < -0.3 is 4.74 Å². The van der Waals surface area contributed by atoms with Crippen LogP contribution in [-0.2, 0) is 22.7 Å². The molecule has 1 heterocycles. The predicted octanol–water partition coefficient (Wildman–Crippen LogP) is 5.43. The summed E-state index contributed by atoms with van der Waals surface area (Å²) in [6, 6.07) is 10.0. The zero-order valence-corrected chi connectivity index (χ0v) is 20.5. The fourth-order valence-electron chi connectivity index (χ4n) is 4.61. The van der Waals surface area contributed by atoms with Gasteiger partial charge in [0.25, 0.3) is 0 Å². The van der Waals surface area contributed by atoms with Crippen molar-refractivity contribution in [3.63, 3.8) is 0 Å². The van der Waals surface area contributed by atoms with E-state index in [-0.39, 0.29) is 18.6 Å². The molecule has 0 unspecified atom stereocenters. The van der Waals surface area contributed by atoms with Gasteiger partial charge >= 0.3 is 6.18 Å². The van der Waals surface area contributed by atoms with Crippen LogP contribution in [0.1, 0.15) is 36.8 Å². The topological polar surface area (TPSA) is 49.9 Å². The van der Waals surface area contributed by atoms with Gasteiger partial charge in [-0.3, -0.25) is 4.90 Å². The summed E-state index contributed by atoms with van der Waals surface area (Å²) in [5, 5.41) is 0.598. The van der Waals surface area contributed by atoms with Crippen molar-refractivity contribution in [1.29, 1.82) is 0 Å². The van der Waals surface area contributed by atoms with E-state index in [1.807, 2.05) is 18.2 Å². The van der Waals surface area contributed by atoms with Gasteiger partial charge in [-0.25, -0.2) is 12.7 Å². The smallest absolute Gasteiger partial charge is 0.417 e. The molecule has 10 heteroatoms. The van der Waals surface area contributed by atoms with Gasteiger partial charge in [0.05, 0.1) is 21.6 Å². The minimum Gasteiger partial charge on any atom is -0.489 e. The van der Waals surface area contributed by atoms with Crippen molar-refractivity contribution in [2.45, 2.75) is 49.4 Å². The van der Waals surface area contributed by atoms with Crippen LogP contribution in [0.2, 0.25) is 5.02 Å². The lowest BCUT2D eigenvalue weighted by Gasteiger charge is -2.37. The third kappa shape index (κ3) is 5.53. The van der Waals surface area contributed by atoms with Gasteiger partial charge in [-0.2, -0.15) is 13.2 Å². The minimum absolute atomic E-state index is 0.00520. The number of likely N-dealkylation sites (tertiary alicyclic amines) is 1. The van der Waals surface area contributed by atoms with Gasteiger partial charge in [-0.1, -0.05) is 35.9 Å². The summed E-state index contributed by atoms with van der Waals surface area (Å²) in [6.45, 7) is 3.04. The van der Waals surface area contributed by atoms with Crippen LogP contribution in [0.3, 0.4) is 0 Å². The first-order valence-corrected chi connectivity index (χ1v) is 13.2. The van der Waals surface area contributed by atoms with Gasteiger partial charge in [0.2, 0.25) is 10.0 Å². The summed E-state index contributed by atoms with van der Waals surface area (Å²) in [7, 11) is -2.96. The number of halogens is 4.